The molecule has 1 aliphatic rings. The number of nitrogens with one attached hydrogen (secondary N) is 1. The highest BCUT2D eigenvalue weighted by atomic mass is 19.4. The first-order valence-corrected chi connectivity index (χ1v) is 5.64. The number of piperidine rings is 1. The number of hydrogen-bond acceptors (Lipinski definition) is 3. The molecule has 100 valence electrons. The number of ether oxygens (including phenoxy) is 1. The van der Waals surface area contributed by atoms with Gasteiger partial charge >= 0.3 is 12.1 Å². The van der Waals surface area contributed by atoms with Gasteiger partial charge in [0.2, 0.25) is 0 Å². The van der Waals surface area contributed by atoms with Gasteiger partial charge in [0, 0.05) is 0 Å². The standard InChI is InChI=1S/C11H18F3NO2/c1-10(2,3)17-9(16)7-5-4-6-15-8(7)11(12,13)14/h7-8,15H,4-6H2,1-3H3. The minimum atomic E-state index is -4.41. The van der Waals surface area contributed by atoms with Gasteiger partial charge in [-0.15, -0.1) is 0 Å². The number of esters is 1. The third kappa shape index (κ3) is 4.18. The molecule has 1 aliphatic heterocycles. The molecule has 2 unspecified atom stereocenters. The molecule has 1 saturated heterocycles. The van der Waals surface area contributed by atoms with Crippen LogP contribution in [-0.2, 0) is 9.53 Å². The van der Waals surface area contributed by atoms with E-state index >= 15 is 0 Å². The summed E-state index contributed by atoms with van der Waals surface area (Å²) in [6, 6.07) is -1.79. The summed E-state index contributed by atoms with van der Waals surface area (Å²) in [6.07, 6.45) is -3.65. The molecule has 6 heteroatoms. The first-order chi connectivity index (χ1) is 7.61. The summed E-state index contributed by atoms with van der Waals surface area (Å²) in [5.74, 6) is -1.91. The fraction of sp³-hybridized carbons (Fsp3) is 0.909. The van der Waals surface area contributed by atoms with Gasteiger partial charge in [0.15, 0.2) is 0 Å². The van der Waals surface area contributed by atoms with E-state index in [9.17, 15) is 18.0 Å². The minimum absolute atomic E-state index is 0.214. The molecule has 0 aromatic heterocycles. The summed E-state index contributed by atoms with van der Waals surface area (Å²) < 4.78 is 43.2. The zero-order valence-electron chi connectivity index (χ0n) is 10.2. The van der Waals surface area contributed by atoms with Gasteiger partial charge in [0.25, 0.3) is 0 Å². The van der Waals surface area contributed by atoms with Gasteiger partial charge < -0.3 is 10.1 Å². The smallest absolute Gasteiger partial charge is 0.404 e. The summed E-state index contributed by atoms with van der Waals surface area (Å²) in [7, 11) is 0. The molecule has 0 saturated carbocycles. The quantitative estimate of drug-likeness (QED) is 0.728. The predicted molar refractivity (Wildman–Crippen MR) is 56.4 cm³/mol. The molecule has 3 nitrogen and oxygen atoms in total. The van der Waals surface area contributed by atoms with E-state index < -0.39 is 29.7 Å². The molecule has 1 heterocycles. The molecule has 0 aromatic rings. The first kappa shape index (κ1) is 14.3. The molecule has 0 spiro atoms. The molecule has 2 atom stereocenters. The predicted octanol–water partition coefficient (Wildman–Crippen LogP) is 2.26. The lowest BCUT2D eigenvalue weighted by Gasteiger charge is -2.34. The van der Waals surface area contributed by atoms with Crippen molar-refractivity contribution in [3.05, 3.63) is 0 Å². The van der Waals surface area contributed by atoms with Crippen LogP contribution in [0, 0.1) is 5.92 Å². The maximum absolute atomic E-state index is 12.7. The van der Waals surface area contributed by atoms with Crippen molar-refractivity contribution in [2.75, 3.05) is 6.54 Å². The summed E-state index contributed by atoms with van der Waals surface area (Å²) in [6.45, 7) is 5.21. The van der Waals surface area contributed by atoms with Crippen LogP contribution in [0.1, 0.15) is 33.6 Å². The second kappa shape index (κ2) is 4.84. The lowest BCUT2D eigenvalue weighted by molar-refractivity contribution is -0.191. The monoisotopic (exact) mass is 253 g/mol. The van der Waals surface area contributed by atoms with Crippen LogP contribution in [0.3, 0.4) is 0 Å². The van der Waals surface area contributed by atoms with E-state index in [4.69, 9.17) is 4.74 Å². The van der Waals surface area contributed by atoms with Crippen LogP contribution in [0.2, 0.25) is 0 Å². The minimum Gasteiger partial charge on any atom is -0.460 e. The summed E-state index contributed by atoms with van der Waals surface area (Å²) in [5.41, 5.74) is -0.759. The highest BCUT2D eigenvalue weighted by molar-refractivity contribution is 5.74. The Labute approximate surface area is 98.7 Å². The molecular weight excluding hydrogens is 235 g/mol. The first-order valence-electron chi connectivity index (χ1n) is 5.64. The second-order valence-corrected chi connectivity index (χ2v) is 5.26. The van der Waals surface area contributed by atoms with Crippen LogP contribution in [0.4, 0.5) is 13.2 Å². The zero-order chi connectivity index (χ0) is 13.3. The number of hydrogen-bond donors (Lipinski definition) is 1. The van der Waals surface area contributed by atoms with Gasteiger partial charge in [0.1, 0.15) is 11.6 Å². The Kier molecular flexibility index (Phi) is 4.06. The third-order valence-corrected chi connectivity index (χ3v) is 2.52. The third-order valence-electron chi connectivity index (χ3n) is 2.52. The van der Waals surface area contributed by atoms with Crippen molar-refractivity contribution in [3.8, 4) is 0 Å². The molecular formula is C11H18F3NO2. The van der Waals surface area contributed by atoms with E-state index in [2.05, 4.69) is 5.32 Å². The lowest BCUT2D eigenvalue weighted by Crippen LogP contribution is -2.54. The van der Waals surface area contributed by atoms with Crippen molar-refractivity contribution in [1.29, 1.82) is 0 Å². The Morgan fingerprint density at radius 3 is 2.35 bits per heavy atom. The molecule has 17 heavy (non-hydrogen) atoms. The number of halogens is 3. The topological polar surface area (TPSA) is 38.3 Å². The van der Waals surface area contributed by atoms with Crippen molar-refractivity contribution >= 4 is 5.97 Å². The van der Waals surface area contributed by atoms with E-state index in [0.29, 0.717) is 6.42 Å². The average molecular weight is 253 g/mol. The van der Waals surface area contributed by atoms with Crippen molar-refractivity contribution in [1.82, 2.24) is 5.32 Å². The van der Waals surface area contributed by atoms with Crippen LogP contribution in [-0.4, -0.2) is 30.3 Å². The molecule has 1 fully saturated rings. The van der Waals surface area contributed by atoms with Crippen molar-refractivity contribution in [2.24, 2.45) is 5.92 Å². The van der Waals surface area contributed by atoms with E-state index in [1.165, 1.54) is 0 Å². The van der Waals surface area contributed by atoms with Gasteiger partial charge in [0.05, 0.1) is 5.92 Å². The molecule has 1 rings (SSSR count). The number of rotatable bonds is 1. The normalized spacial score (nSPS) is 26.7. The Bertz CT molecular complexity index is 283. The molecule has 0 aromatic carbocycles. The Morgan fingerprint density at radius 1 is 1.29 bits per heavy atom. The van der Waals surface area contributed by atoms with E-state index in [1.807, 2.05) is 0 Å². The lowest BCUT2D eigenvalue weighted by atomic mass is 9.90. The summed E-state index contributed by atoms with van der Waals surface area (Å²) >= 11 is 0. The van der Waals surface area contributed by atoms with Gasteiger partial charge in [-0.25, -0.2) is 0 Å². The Morgan fingerprint density at radius 2 is 1.88 bits per heavy atom. The van der Waals surface area contributed by atoms with Gasteiger partial charge in [-0.1, -0.05) is 0 Å². The van der Waals surface area contributed by atoms with Crippen LogP contribution in [0.15, 0.2) is 0 Å². The maximum Gasteiger partial charge on any atom is 0.404 e. The largest absolute Gasteiger partial charge is 0.460 e. The molecule has 0 radical (unpaired) electrons. The molecule has 0 bridgehead atoms. The van der Waals surface area contributed by atoms with Crippen LogP contribution in [0.25, 0.3) is 0 Å². The van der Waals surface area contributed by atoms with Crippen LogP contribution >= 0.6 is 0 Å². The number of carbonyl (C=O) groups is 1. The van der Waals surface area contributed by atoms with Gasteiger partial charge in [-0.05, 0) is 40.2 Å². The molecule has 0 amide bonds. The van der Waals surface area contributed by atoms with Gasteiger partial charge in [-0.3, -0.25) is 4.79 Å². The highest BCUT2D eigenvalue weighted by Crippen LogP contribution is 2.32. The van der Waals surface area contributed by atoms with E-state index in [1.54, 1.807) is 20.8 Å². The fourth-order valence-electron chi connectivity index (χ4n) is 1.86. The number of alkyl halides is 3. The van der Waals surface area contributed by atoms with Crippen LogP contribution < -0.4 is 5.32 Å². The van der Waals surface area contributed by atoms with E-state index in [-0.39, 0.29) is 13.0 Å². The SMILES string of the molecule is CC(C)(C)OC(=O)C1CCCNC1C(F)(F)F. The molecule has 1 N–H and O–H groups in total. The molecule has 0 aliphatic carbocycles. The maximum atomic E-state index is 12.7. The summed E-state index contributed by atoms with van der Waals surface area (Å²) in [4.78, 5) is 11.7. The second-order valence-electron chi connectivity index (χ2n) is 5.26. The van der Waals surface area contributed by atoms with Crippen molar-refractivity contribution in [3.63, 3.8) is 0 Å². The Hall–Kier alpha value is -0.780. The van der Waals surface area contributed by atoms with Gasteiger partial charge in [-0.2, -0.15) is 13.2 Å². The fourth-order valence-corrected chi connectivity index (χ4v) is 1.86. The number of carbonyl (C=O) groups excluding carboxylic acids is 1. The zero-order valence-corrected chi connectivity index (χ0v) is 10.2. The van der Waals surface area contributed by atoms with Crippen LogP contribution in [0.5, 0.6) is 0 Å². The van der Waals surface area contributed by atoms with Crippen molar-refractivity contribution in [2.45, 2.75) is 51.4 Å². The van der Waals surface area contributed by atoms with Crippen molar-refractivity contribution < 1.29 is 22.7 Å². The average Bonchev–Trinajstić information content (AvgIpc) is 2.13. The highest BCUT2D eigenvalue weighted by Gasteiger charge is 2.49. The summed E-state index contributed by atoms with van der Waals surface area (Å²) in [5, 5.41) is 2.35. The van der Waals surface area contributed by atoms with E-state index in [0.717, 1.165) is 0 Å². The Balaban J connectivity index is 2.75.